The van der Waals surface area contributed by atoms with Crippen LogP contribution in [0.3, 0.4) is 0 Å². The van der Waals surface area contributed by atoms with Crippen molar-refractivity contribution in [2.75, 3.05) is 0 Å². The molecule has 2 rings (SSSR count). The van der Waals surface area contributed by atoms with Crippen LogP contribution in [0.25, 0.3) is 0 Å². The Morgan fingerprint density at radius 2 is 2.29 bits per heavy atom. The molecule has 1 unspecified atom stereocenters. The molecule has 2 amide bonds. The maximum absolute atomic E-state index is 11.1. The van der Waals surface area contributed by atoms with Crippen LogP contribution in [0.15, 0.2) is 23.5 Å². The highest BCUT2D eigenvalue weighted by Gasteiger charge is 2.29. The largest absolute Gasteiger partial charge is 0.330 e. The number of hydrogen-bond acceptors (Lipinski definition) is 2. The Balaban J connectivity index is 2.08. The first kappa shape index (κ1) is 8.99. The van der Waals surface area contributed by atoms with Gasteiger partial charge in [0.15, 0.2) is 0 Å². The second-order valence-corrected chi connectivity index (χ2v) is 3.65. The molecule has 4 nitrogen and oxygen atoms in total. The average molecular weight is 192 g/mol. The predicted octanol–water partition coefficient (Wildman–Crippen LogP) is 0.430. The number of amides is 2. The van der Waals surface area contributed by atoms with Crippen LogP contribution in [-0.4, -0.2) is 11.8 Å². The van der Waals surface area contributed by atoms with Crippen LogP contribution < -0.4 is 10.6 Å². The third-order valence-corrected chi connectivity index (χ3v) is 2.42. The minimum Gasteiger partial charge on any atom is -0.330 e. The van der Waals surface area contributed by atoms with Gasteiger partial charge < -0.3 is 10.6 Å². The fraction of sp³-hybridized carbons (Fsp3) is 0.400. The minimum atomic E-state index is -0.0645. The second kappa shape index (κ2) is 3.29. The molecule has 0 aromatic heterocycles. The van der Waals surface area contributed by atoms with E-state index in [-0.39, 0.29) is 17.7 Å². The molecule has 1 saturated heterocycles. The highest BCUT2D eigenvalue weighted by atomic mass is 16.2. The van der Waals surface area contributed by atoms with Gasteiger partial charge in [-0.2, -0.15) is 0 Å². The van der Waals surface area contributed by atoms with Crippen LogP contribution in [-0.2, 0) is 9.59 Å². The molecule has 1 aliphatic heterocycles. The number of allylic oxidation sites excluding steroid dienone is 4. The Labute approximate surface area is 82.1 Å². The van der Waals surface area contributed by atoms with Gasteiger partial charge in [0.25, 0.3) is 0 Å². The third-order valence-electron chi connectivity index (χ3n) is 2.42. The molecule has 0 aromatic carbocycles. The van der Waals surface area contributed by atoms with E-state index in [1.165, 1.54) is 6.92 Å². The predicted molar refractivity (Wildman–Crippen MR) is 50.8 cm³/mol. The van der Waals surface area contributed by atoms with Crippen molar-refractivity contribution in [3.05, 3.63) is 23.5 Å². The molecule has 1 aliphatic carbocycles. The molecule has 2 aliphatic rings. The van der Waals surface area contributed by atoms with E-state index in [4.69, 9.17) is 0 Å². The lowest BCUT2D eigenvalue weighted by Crippen LogP contribution is -2.23. The minimum absolute atomic E-state index is 0.0645. The molecule has 0 bridgehead atoms. The lowest BCUT2D eigenvalue weighted by molar-refractivity contribution is -0.119. The molecule has 0 radical (unpaired) electrons. The van der Waals surface area contributed by atoms with Crippen LogP contribution in [0.4, 0.5) is 0 Å². The molecule has 0 saturated carbocycles. The van der Waals surface area contributed by atoms with E-state index in [9.17, 15) is 9.59 Å². The Bertz CT molecular complexity index is 355. The first-order valence-electron chi connectivity index (χ1n) is 4.63. The first-order chi connectivity index (χ1) is 6.65. The van der Waals surface area contributed by atoms with Gasteiger partial charge in [0.2, 0.25) is 11.8 Å². The summed E-state index contributed by atoms with van der Waals surface area (Å²) in [5, 5.41) is 5.54. The van der Waals surface area contributed by atoms with Gasteiger partial charge in [0.05, 0.1) is 0 Å². The van der Waals surface area contributed by atoms with Crippen LogP contribution >= 0.6 is 0 Å². The van der Waals surface area contributed by atoms with Gasteiger partial charge in [-0.3, -0.25) is 9.59 Å². The molecule has 4 heteroatoms. The smallest absolute Gasteiger partial charge is 0.224 e. The molecule has 1 fully saturated rings. The van der Waals surface area contributed by atoms with Gasteiger partial charge in [-0.15, -0.1) is 0 Å². The topological polar surface area (TPSA) is 58.2 Å². The van der Waals surface area contributed by atoms with Crippen molar-refractivity contribution in [3.8, 4) is 0 Å². The summed E-state index contributed by atoms with van der Waals surface area (Å²) in [4.78, 5) is 21.9. The van der Waals surface area contributed by atoms with Crippen molar-refractivity contribution < 1.29 is 9.59 Å². The highest BCUT2D eigenvalue weighted by Crippen LogP contribution is 2.29. The standard InChI is InChI=1S/C10H12N2O2/c1-6(13)11-8-2-3-9-7(4-8)5-10(14)12-9/h2-3,7H,4-5H2,1H3,(H,11,13)(H,12,14). The third kappa shape index (κ3) is 1.69. The normalized spacial score (nSPS) is 24.6. The summed E-state index contributed by atoms with van der Waals surface area (Å²) < 4.78 is 0. The molecule has 14 heavy (non-hydrogen) atoms. The van der Waals surface area contributed by atoms with E-state index >= 15 is 0 Å². The Morgan fingerprint density at radius 3 is 3.00 bits per heavy atom. The van der Waals surface area contributed by atoms with Gasteiger partial charge in [-0.1, -0.05) is 0 Å². The quantitative estimate of drug-likeness (QED) is 0.633. The van der Waals surface area contributed by atoms with Crippen molar-refractivity contribution in [1.82, 2.24) is 10.6 Å². The lowest BCUT2D eigenvalue weighted by atomic mass is 9.95. The maximum Gasteiger partial charge on any atom is 0.224 e. The van der Waals surface area contributed by atoms with E-state index < -0.39 is 0 Å². The lowest BCUT2D eigenvalue weighted by Gasteiger charge is -2.17. The molecular weight excluding hydrogens is 180 g/mol. The van der Waals surface area contributed by atoms with Gasteiger partial charge in [0, 0.05) is 30.7 Å². The second-order valence-electron chi connectivity index (χ2n) is 3.65. The Hall–Kier alpha value is -1.58. The Morgan fingerprint density at radius 1 is 1.50 bits per heavy atom. The number of fused-ring (bicyclic) bond motifs is 1. The monoisotopic (exact) mass is 192 g/mol. The average Bonchev–Trinajstić information content (AvgIpc) is 2.42. The van der Waals surface area contributed by atoms with Crippen molar-refractivity contribution >= 4 is 11.8 Å². The van der Waals surface area contributed by atoms with Gasteiger partial charge >= 0.3 is 0 Å². The van der Waals surface area contributed by atoms with E-state index in [0.29, 0.717) is 6.42 Å². The molecule has 0 spiro atoms. The van der Waals surface area contributed by atoms with Crippen LogP contribution in [0.1, 0.15) is 19.8 Å². The SMILES string of the molecule is CC(=O)NC1=CC=C2NC(=O)CC2C1. The van der Waals surface area contributed by atoms with Gasteiger partial charge in [0.1, 0.15) is 0 Å². The summed E-state index contributed by atoms with van der Waals surface area (Å²) in [6.07, 6.45) is 4.98. The summed E-state index contributed by atoms with van der Waals surface area (Å²) in [6, 6.07) is 0. The summed E-state index contributed by atoms with van der Waals surface area (Å²) in [7, 11) is 0. The molecule has 1 heterocycles. The zero-order valence-corrected chi connectivity index (χ0v) is 7.96. The zero-order chi connectivity index (χ0) is 10.1. The van der Waals surface area contributed by atoms with Crippen LogP contribution in [0, 0.1) is 5.92 Å². The molecule has 1 atom stereocenters. The maximum atomic E-state index is 11.1. The number of nitrogens with one attached hydrogen (secondary N) is 2. The van der Waals surface area contributed by atoms with Gasteiger partial charge in [-0.25, -0.2) is 0 Å². The van der Waals surface area contributed by atoms with Crippen molar-refractivity contribution in [2.24, 2.45) is 5.92 Å². The Kier molecular flexibility index (Phi) is 2.11. The van der Waals surface area contributed by atoms with E-state index in [0.717, 1.165) is 17.8 Å². The molecule has 0 aromatic rings. The fourth-order valence-corrected chi connectivity index (χ4v) is 1.85. The summed E-state index contributed by atoms with van der Waals surface area (Å²) in [6.45, 7) is 1.48. The van der Waals surface area contributed by atoms with E-state index in [1.54, 1.807) is 0 Å². The first-order valence-corrected chi connectivity index (χ1v) is 4.63. The highest BCUT2D eigenvalue weighted by molar-refractivity contribution is 5.82. The zero-order valence-electron chi connectivity index (χ0n) is 7.96. The van der Waals surface area contributed by atoms with Crippen molar-refractivity contribution in [2.45, 2.75) is 19.8 Å². The van der Waals surface area contributed by atoms with Crippen molar-refractivity contribution in [1.29, 1.82) is 0 Å². The summed E-state index contributed by atoms with van der Waals surface area (Å²) in [5.41, 5.74) is 1.87. The van der Waals surface area contributed by atoms with Gasteiger partial charge in [-0.05, 0) is 18.6 Å². The number of carbonyl (C=O) groups is 2. The van der Waals surface area contributed by atoms with Crippen molar-refractivity contribution in [3.63, 3.8) is 0 Å². The van der Waals surface area contributed by atoms with Crippen LogP contribution in [0.5, 0.6) is 0 Å². The number of rotatable bonds is 1. The molecule has 74 valence electrons. The van der Waals surface area contributed by atoms with Crippen LogP contribution in [0.2, 0.25) is 0 Å². The van der Waals surface area contributed by atoms with E-state index in [1.807, 2.05) is 12.2 Å². The molecule has 2 N–H and O–H groups in total. The number of carbonyl (C=O) groups excluding carboxylic acids is 2. The fourth-order valence-electron chi connectivity index (χ4n) is 1.85. The molecular formula is C10H12N2O2. The number of hydrogen-bond donors (Lipinski definition) is 2. The van der Waals surface area contributed by atoms with E-state index in [2.05, 4.69) is 10.6 Å². The summed E-state index contributed by atoms with van der Waals surface area (Å²) in [5.74, 6) is 0.235. The summed E-state index contributed by atoms with van der Waals surface area (Å²) >= 11 is 0.